The van der Waals surface area contributed by atoms with Crippen molar-refractivity contribution in [2.75, 3.05) is 6.61 Å². The number of aliphatic hydroxyl groups is 2. The molecule has 4 atom stereocenters. The number of nitrogens with zero attached hydrogens (tertiary/aromatic N) is 4. The second-order valence-electron chi connectivity index (χ2n) is 7.48. The summed E-state index contributed by atoms with van der Waals surface area (Å²) in [5.41, 5.74) is 2.85. The molecule has 3 N–H and O–H groups in total. The Morgan fingerprint density at radius 2 is 1.83 bits per heavy atom. The first-order valence-electron chi connectivity index (χ1n) is 9.88. The van der Waals surface area contributed by atoms with E-state index >= 15 is 0 Å². The lowest BCUT2D eigenvalue weighted by Gasteiger charge is -2.25. The van der Waals surface area contributed by atoms with Gasteiger partial charge in [-0.15, -0.1) is 0 Å². The highest BCUT2D eigenvalue weighted by molar-refractivity contribution is 5.52. The lowest BCUT2D eigenvalue weighted by molar-refractivity contribution is 0.0716. The van der Waals surface area contributed by atoms with Crippen LogP contribution in [0, 0.1) is 11.8 Å². The van der Waals surface area contributed by atoms with Crippen LogP contribution >= 0.6 is 0 Å². The largest absolute Gasteiger partial charge is 0.396 e. The van der Waals surface area contributed by atoms with Gasteiger partial charge in [0.25, 0.3) is 0 Å². The summed E-state index contributed by atoms with van der Waals surface area (Å²) in [6.45, 7) is 0.627. The molecule has 1 saturated carbocycles. The third-order valence-electron chi connectivity index (χ3n) is 5.64. The maximum atomic E-state index is 10.5. The number of rotatable bonds is 7. The summed E-state index contributed by atoms with van der Waals surface area (Å²) < 4.78 is 0. The third kappa shape index (κ3) is 4.64. The molecule has 4 rings (SSSR count). The summed E-state index contributed by atoms with van der Waals surface area (Å²) in [5, 5.41) is 23.9. The van der Waals surface area contributed by atoms with Crippen molar-refractivity contribution in [2.24, 2.45) is 11.8 Å². The maximum Gasteiger partial charge on any atom is 0.160 e. The van der Waals surface area contributed by atoms with Gasteiger partial charge in [-0.3, -0.25) is 9.97 Å². The molecule has 0 aromatic carbocycles. The average molecular weight is 391 g/mol. The number of nitrogens with one attached hydrogen (secondary N) is 1. The molecular weight excluding hydrogens is 366 g/mol. The van der Waals surface area contributed by atoms with Crippen LogP contribution < -0.4 is 5.32 Å². The highest BCUT2D eigenvalue weighted by Crippen LogP contribution is 2.35. The molecular formula is C22H25N5O2. The Morgan fingerprint density at radius 3 is 2.55 bits per heavy atom. The zero-order valence-corrected chi connectivity index (χ0v) is 16.1. The first kappa shape index (κ1) is 19.6. The Bertz CT molecular complexity index is 909. The number of hydrogen-bond donors (Lipinski definition) is 3. The van der Waals surface area contributed by atoms with Gasteiger partial charge in [0.05, 0.1) is 6.10 Å². The number of aromatic nitrogens is 4. The molecule has 0 spiro atoms. The van der Waals surface area contributed by atoms with Crippen molar-refractivity contribution in [3.63, 3.8) is 0 Å². The quantitative estimate of drug-likeness (QED) is 0.562. The molecule has 29 heavy (non-hydrogen) atoms. The van der Waals surface area contributed by atoms with E-state index in [2.05, 4.69) is 20.3 Å². The van der Waals surface area contributed by atoms with Crippen LogP contribution in [-0.4, -0.2) is 48.9 Å². The highest BCUT2D eigenvalue weighted by atomic mass is 16.3. The predicted molar refractivity (Wildman–Crippen MR) is 109 cm³/mol. The van der Waals surface area contributed by atoms with Crippen LogP contribution in [0.15, 0.2) is 61.3 Å². The van der Waals surface area contributed by atoms with Crippen LogP contribution in [0.5, 0.6) is 0 Å². The van der Waals surface area contributed by atoms with Crippen LogP contribution in [0.4, 0.5) is 0 Å². The first-order valence-corrected chi connectivity index (χ1v) is 9.88. The standard InChI is InChI=1S/C22H25N5O2/c28-14-19-18(20(10-21(19)29)26-12-15-3-1-6-23-11-15)9-17-5-8-25-22(27-17)16-4-2-7-24-13-16/h1-8,11,13,18-21,26,28-29H,9-10,12,14H2/t18-,19-,20-,21-/m1/s1. The van der Waals surface area contributed by atoms with Crippen LogP contribution in [0.25, 0.3) is 11.4 Å². The average Bonchev–Trinajstić information content (AvgIpc) is 3.07. The fraction of sp³-hybridized carbons (Fsp3) is 0.364. The predicted octanol–water partition coefficient (Wildman–Crippen LogP) is 1.62. The molecule has 0 amide bonds. The normalized spacial score (nSPS) is 23.9. The Labute approximate surface area is 169 Å². The summed E-state index contributed by atoms with van der Waals surface area (Å²) in [6, 6.07) is 9.71. The zero-order chi connectivity index (χ0) is 20.1. The maximum absolute atomic E-state index is 10.5. The summed E-state index contributed by atoms with van der Waals surface area (Å²) in [5.74, 6) is 0.524. The summed E-state index contributed by atoms with van der Waals surface area (Å²) in [4.78, 5) is 17.3. The van der Waals surface area contributed by atoms with Gasteiger partial charge in [0.2, 0.25) is 0 Å². The number of pyridine rings is 2. The van der Waals surface area contributed by atoms with E-state index in [4.69, 9.17) is 4.98 Å². The van der Waals surface area contributed by atoms with Crippen molar-refractivity contribution in [2.45, 2.75) is 31.5 Å². The minimum absolute atomic E-state index is 0.0442. The van der Waals surface area contributed by atoms with Gasteiger partial charge >= 0.3 is 0 Å². The molecule has 7 nitrogen and oxygen atoms in total. The Morgan fingerprint density at radius 1 is 1.00 bits per heavy atom. The highest BCUT2D eigenvalue weighted by Gasteiger charge is 2.42. The van der Waals surface area contributed by atoms with Gasteiger partial charge < -0.3 is 15.5 Å². The number of aliphatic hydroxyl groups excluding tert-OH is 2. The topological polar surface area (TPSA) is 104 Å². The zero-order valence-electron chi connectivity index (χ0n) is 16.1. The van der Waals surface area contributed by atoms with Gasteiger partial charge in [-0.2, -0.15) is 0 Å². The van der Waals surface area contributed by atoms with Crippen molar-refractivity contribution < 1.29 is 10.2 Å². The Kier molecular flexibility index (Phi) is 6.19. The van der Waals surface area contributed by atoms with E-state index in [0.717, 1.165) is 16.8 Å². The first-order chi connectivity index (χ1) is 14.2. The van der Waals surface area contributed by atoms with Crippen molar-refractivity contribution in [3.8, 4) is 11.4 Å². The third-order valence-corrected chi connectivity index (χ3v) is 5.64. The molecule has 1 fully saturated rings. The summed E-state index contributed by atoms with van der Waals surface area (Å²) in [7, 11) is 0. The van der Waals surface area contributed by atoms with E-state index < -0.39 is 6.10 Å². The molecule has 0 bridgehead atoms. The molecule has 3 aromatic heterocycles. The smallest absolute Gasteiger partial charge is 0.160 e. The van der Waals surface area contributed by atoms with E-state index in [1.54, 1.807) is 24.8 Å². The lowest BCUT2D eigenvalue weighted by Crippen LogP contribution is -2.36. The summed E-state index contributed by atoms with van der Waals surface area (Å²) >= 11 is 0. The van der Waals surface area contributed by atoms with Crippen molar-refractivity contribution in [3.05, 3.63) is 72.6 Å². The lowest BCUT2D eigenvalue weighted by atomic mass is 9.88. The van der Waals surface area contributed by atoms with Crippen molar-refractivity contribution in [1.82, 2.24) is 25.3 Å². The molecule has 0 aliphatic heterocycles. The monoisotopic (exact) mass is 391 g/mol. The molecule has 0 radical (unpaired) electrons. The molecule has 3 heterocycles. The molecule has 0 saturated heterocycles. The van der Waals surface area contributed by atoms with Crippen molar-refractivity contribution in [1.29, 1.82) is 0 Å². The van der Waals surface area contributed by atoms with Gasteiger partial charge in [-0.25, -0.2) is 9.97 Å². The molecule has 1 aliphatic rings. The number of hydrogen-bond acceptors (Lipinski definition) is 7. The molecule has 7 heteroatoms. The van der Waals surface area contributed by atoms with Crippen molar-refractivity contribution >= 4 is 0 Å². The minimum Gasteiger partial charge on any atom is -0.396 e. The second-order valence-corrected chi connectivity index (χ2v) is 7.48. The van der Waals surface area contributed by atoms with Crippen LogP contribution in [0.1, 0.15) is 17.7 Å². The second kappa shape index (κ2) is 9.17. The van der Waals surface area contributed by atoms with Crippen LogP contribution in [0.3, 0.4) is 0 Å². The molecule has 1 aliphatic carbocycles. The van der Waals surface area contributed by atoms with E-state index in [9.17, 15) is 10.2 Å². The van der Waals surface area contributed by atoms with Gasteiger partial charge in [-0.1, -0.05) is 6.07 Å². The van der Waals surface area contributed by atoms with E-state index in [1.165, 1.54) is 0 Å². The van der Waals surface area contributed by atoms with E-state index in [-0.39, 0.29) is 24.5 Å². The minimum atomic E-state index is -0.531. The molecule has 150 valence electrons. The Hall–Kier alpha value is -2.74. The van der Waals surface area contributed by atoms with Crippen LogP contribution in [0.2, 0.25) is 0 Å². The summed E-state index contributed by atoms with van der Waals surface area (Å²) in [6.07, 6.45) is 9.53. The van der Waals surface area contributed by atoms with Crippen LogP contribution in [-0.2, 0) is 13.0 Å². The van der Waals surface area contributed by atoms with E-state index in [0.29, 0.717) is 25.2 Å². The van der Waals surface area contributed by atoms with Gasteiger partial charge in [-0.05, 0) is 48.6 Å². The van der Waals surface area contributed by atoms with Gasteiger partial charge in [0.1, 0.15) is 0 Å². The molecule has 0 unspecified atom stereocenters. The fourth-order valence-corrected chi connectivity index (χ4v) is 4.12. The SMILES string of the molecule is OC[C@@H]1[C@@H](Cc2ccnc(-c3cccnc3)n2)[C@H](NCc2cccnc2)C[C@H]1O. The van der Waals surface area contributed by atoms with Gasteiger partial charge in [0.15, 0.2) is 5.82 Å². The van der Waals surface area contributed by atoms with Gasteiger partial charge in [0, 0.05) is 67.4 Å². The van der Waals surface area contributed by atoms with E-state index in [1.807, 2.05) is 36.5 Å². The Balaban J connectivity index is 1.51. The fourth-order valence-electron chi connectivity index (χ4n) is 4.12. The molecule has 3 aromatic rings.